The molecule has 1 aromatic carbocycles. The van der Waals surface area contributed by atoms with Crippen LogP contribution in [-0.4, -0.2) is 17.6 Å². The van der Waals surface area contributed by atoms with Crippen molar-refractivity contribution in [2.24, 2.45) is 0 Å². The number of esters is 1. The van der Waals surface area contributed by atoms with Crippen molar-refractivity contribution >= 4 is 21.9 Å². The summed E-state index contributed by atoms with van der Waals surface area (Å²) in [7, 11) is 1.21. The maximum atomic E-state index is 12.9. The molecule has 2 rings (SSSR count). The Labute approximate surface area is 122 Å². The molecule has 0 N–H and O–H groups in total. The summed E-state index contributed by atoms with van der Waals surface area (Å²) in [5.41, 5.74) is 0.401. The van der Waals surface area contributed by atoms with Gasteiger partial charge >= 0.3 is 5.97 Å². The molecule has 0 fully saturated rings. The van der Waals surface area contributed by atoms with Crippen molar-refractivity contribution in [1.82, 2.24) is 4.57 Å². The Balaban J connectivity index is 2.73. The van der Waals surface area contributed by atoms with E-state index in [-0.39, 0.29) is 5.56 Å². The Morgan fingerprint density at radius 3 is 2.45 bits per heavy atom. The van der Waals surface area contributed by atoms with E-state index in [1.54, 1.807) is 6.92 Å². The Morgan fingerprint density at radius 2 is 1.90 bits per heavy atom. The monoisotopic (exact) mass is 339 g/mol. The molecule has 1 heterocycles. The van der Waals surface area contributed by atoms with Gasteiger partial charge in [-0.05, 0) is 52.7 Å². The van der Waals surface area contributed by atoms with Crippen molar-refractivity contribution in [1.29, 1.82) is 0 Å². The molecule has 0 aliphatic rings. The van der Waals surface area contributed by atoms with Crippen LogP contribution in [0.15, 0.2) is 39.7 Å². The van der Waals surface area contributed by atoms with Gasteiger partial charge < -0.3 is 4.74 Å². The molecule has 2 aromatic rings. The SMILES string of the molecule is COC(=O)c1c(C)c(Br)cn(-c2ccc(F)cc2)c1=O. The highest BCUT2D eigenvalue weighted by molar-refractivity contribution is 9.10. The second-order valence-electron chi connectivity index (χ2n) is 4.12. The van der Waals surface area contributed by atoms with Gasteiger partial charge in [-0.25, -0.2) is 9.18 Å². The molecule has 0 saturated heterocycles. The smallest absolute Gasteiger partial charge is 0.343 e. The van der Waals surface area contributed by atoms with Crippen molar-refractivity contribution < 1.29 is 13.9 Å². The number of carbonyl (C=O) groups is 1. The minimum atomic E-state index is -0.704. The summed E-state index contributed by atoms with van der Waals surface area (Å²) in [6, 6.07) is 5.40. The molecule has 6 heteroatoms. The zero-order valence-corrected chi connectivity index (χ0v) is 12.4. The normalized spacial score (nSPS) is 10.4. The van der Waals surface area contributed by atoms with Gasteiger partial charge in [0.1, 0.15) is 11.4 Å². The fourth-order valence-electron chi connectivity index (χ4n) is 1.81. The minimum Gasteiger partial charge on any atom is -0.465 e. The largest absolute Gasteiger partial charge is 0.465 e. The Morgan fingerprint density at radius 1 is 1.30 bits per heavy atom. The van der Waals surface area contributed by atoms with Crippen LogP contribution >= 0.6 is 15.9 Å². The second-order valence-corrected chi connectivity index (χ2v) is 4.97. The Kier molecular flexibility index (Phi) is 4.04. The molecule has 4 nitrogen and oxygen atoms in total. The van der Waals surface area contributed by atoms with Crippen molar-refractivity contribution in [3.05, 3.63) is 62.2 Å². The molecule has 0 aliphatic carbocycles. The fraction of sp³-hybridized carbons (Fsp3) is 0.143. The summed E-state index contributed by atoms with van der Waals surface area (Å²) in [6.45, 7) is 1.65. The first-order valence-corrected chi connectivity index (χ1v) is 6.51. The standard InChI is InChI=1S/C14H11BrFNO3/c1-8-11(15)7-17(10-5-3-9(16)4-6-10)13(18)12(8)14(19)20-2/h3-7H,1-2H3. The van der Waals surface area contributed by atoms with Gasteiger partial charge in [0.2, 0.25) is 0 Å². The zero-order valence-electron chi connectivity index (χ0n) is 10.8. The van der Waals surface area contributed by atoms with E-state index in [0.717, 1.165) is 0 Å². The van der Waals surface area contributed by atoms with Crippen LogP contribution in [0.4, 0.5) is 4.39 Å². The lowest BCUT2D eigenvalue weighted by Gasteiger charge is -2.11. The quantitative estimate of drug-likeness (QED) is 0.790. The summed E-state index contributed by atoms with van der Waals surface area (Å²) < 4.78 is 19.4. The molecular formula is C14H11BrFNO3. The highest BCUT2D eigenvalue weighted by atomic mass is 79.9. The van der Waals surface area contributed by atoms with Crippen molar-refractivity contribution in [3.8, 4) is 5.69 Å². The third-order valence-corrected chi connectivity index (χ3v) is 3.70. The molecule has 1 aromatic heterocycles. The van der Waals surface area contributed by atoms with E-state index in [0.29, 0.717) is 15.7 Å². The van der Waals surface area contributed by atoms with E-state index in [9.17, 15) is 14.0 Å². The summed E-state index contributed by atoms with van der Waals surface area (Å²) in [4.78, 5) is 24.1. The lowest BCUT2D eigenvalue weighted by molar-refractivity contribution is 0.0597. The predicted octanol–water partition coefficient (Wildman–Crippen LogP) is 2.83. The lowest BCUT2D eigenvalue weighted by atomic mass is 10.1. The molecule has 0 unspecified atom stereocenters. The van der Waals surface area contributed by atoms with E-state index in [2.05, 4.69) is 20.7 Å². The number of hydrogen-bond donors (Lipinski definition) is 0. The van der Waals surface area contributed by atoms with Gasteiger partial charge in [0.25, 0.3) is 5.56 Å². The van der Waals surface area contributed by atoms with E-state index >= 15 is 0 Å². The van der Waals surface area contributed by atoms with Crippen LogP contribution in [0.25, 0.3) is 5.69 Å². The van der Waals surface area contributed by atoms with Crippen LogP contribution in [0.1, 0.15) is 15.9 Å². The van der Waals surface area contributed by atoms with Crippen LogP contribution in [0.2, 0.25) is 0 Å². The molecule has 0 bridgehead atoms. The van der Waals surface area contributed by atoms with Gasteiger partial charge in [-0.2, -0.15) is 0 Å². The van der Waals surface area contributed by atoms with E-state index in [4.69, 9.17) is 0 Å². The van der Waals surface area contributed by atoms with Crippen molar-refractivity contribution in [2.45, 2.75) is 6.92 Å². The third kappa shape index (κ3) is 2.51. The van der Waals surface area contributed by atoms with Crippen molar-refractivity contribution in [3.63, 3.8) is 0 Å². The number of pyridine rings is 1. The number of nitrogens with zero attached hydrogens (tertiary/aromatic N) is 1. The van der Waals surface area contributed by atoms with Gasteiger partial charge in [-0.15, -0.1) is 0 Å². The number of aromatic nitrogens is 1. The van der Waals surface area contributed by atoms with Gasteiger partial charge in [0.05, 0.1) is 7.11 Å². The first-order valence-electron chi connectivity index (χ1n) is 5.71. The lowest BCUT2D eigenvalue weighted by Crippen LogP contribution is -2.27. The number of hydrogen-bond acceptors (Lipinski definition) is 3. The number of carbonyl (C=O) groups excluding carboxylic acids is 1. The van der Waals surface area contributed by atoms with Crippen LogP contribution in [0.5, 0.6) is 0 Å². The minimum absolute atomic E-state index is 0.0498. The maximum Gasteiger partial charge on any atom is 0.343 e. The number of rotatable bonds is 2. The molecule has 0 aliphatic heterocycles. The van der Waals surface area contributed by atoms with E-state index < -0.39 is 17.3 Å². The number of ether oxygens (including phenoxy) is 1. The number of methoxy groups -OCH3 is 1. The highest BCUT2D eigenvalue weighted by Crippen LogP contribution is 2.19. The molecule has 0 saturated carbocycles. The molecule has 0 spiro atoms. The molecule has 20 heavy (non-hydrogen) atoms. The average Bonchev–Trinajstić information content (AvgIpc) is 2.44. The molecule has 0 radical (unpaired) electrons. The number of benzene rings is 1. The van der Waals surface area contributed by atoms with Crippen LogP contribution in [0.3, 0.4) is 0 Å². The molecule has 0 atom stereocenters. The maximum absolute atomic E-state index is 12.9. The van der Waals surface area contributed by atoms with Crippen LogP contribution in [0, 0.1) is 12.7 Å². The van der Waals surface area contributed by atoms with Gasteiger partial charge in [0.15, 0.2) is 0 Å². The van der Waals surface area contributed by atoms with E-state index in [1.807, 2.05) is 0 Å². The zero-order chi connectivity index (χ0) is 14.9. The first kappa shape index (κ1) is 14.5. The molecular weight excluding hydrogens is 329 g/mol. The van der Waals surface area contributed by atoms with Gasteiger partial charge in [-0.1, -0.05) is 0 Å². The van der Waals surface area contributed by atoms with Crippen molar-refractivity contribution in [2.75, 3.05) is 7.11 Å². The topological polar surface area (TPSA) is 48.3 Å². The van der Waals surface area contributed by atoms with Crippen LogP contribution < -0.4 is 5.56 Å². The fourth-order valence-corrected chi connectivity index (χ4v) is 2.21. The highest BCUT2D eigenvalue weighted by Gasteiger charge is 2.19. The van der Waals surface area contributed by atoms with Gasteiger partial charge in [-0.3, -0.25) is 9.36 Å². The predicted molar refractivity (Wildman–Crippen MR) is 75.8 cm³/mol. The Hall–Kier alpha value is -1.95. The third-order valence-electron chi connectivity index (χ3n) is 2.90. The number of halogens is 2. The second kappa shape index (κ2) is 5.58. The van der Waals surface area contributed by atoms with Gasteiger partial charge in [0, 0.05) is 16.4 Å². The summed E-state index contributed by atoms with van der Waals surface area (Å²) in [5.74, 6) is -1.11. The summed E-state index contributed by atoms with van der Waals surface area (Å²) >= 11 is 3.30. The van der Waals surface area contributed by atoms with E-state index in [1.165, 1.54) is 42.1 Å². The molecule has 104 valence electrons. The Bertz CT molecular complexity index is 722. The first-order chi connectivity index (χ1) is 9.45. The average molecular weight is 340 g/mol. The molecule has 0 amide bonds. The summed E-state index contributed by atoms with van der Waals surface area (Å²) in [5, 5.41) is 0. The van der Waals surface area contributed by atoms with Crippen LogP contribution in [-0.2, 0) is 4.74 Å². The summed E-state index contributed by atoms with van der Waals surface area (Å²) in [6.07, 6.45) is 1.54.